The molecule has 0 heterocycles. The molecule has 7 heteroatoms. The van der Waals surface area contributed by atoms with Crippen LogP contribution in [0.5, 0.6) is 0 Å². The summed E-state index contributed by atoms with van der Waals surface area (Å²) >= 11 is 9.00. The molecule has 0 saturated heterocycles. The van der Waals surface area contributed by atoms with Crippen molar-refractivity contribution in [1.82, 2.24) is 0 Å². The fourth-order valence-electron chi connectivity index (χ4n) is 1.46. The number of sulfonamides is 1. The molecule has 0 bridgehead atoms. The number of halogens is 2. The van der Waals surface area contributed by atoms with Crippen LogP contribution < -0.4 is 5.73 Å². The van der Waals surface area contributed by atoms with Gasteiger partial charge in [-0.3, -0.25) is 0 Å². The lowest BCUT2D eigenvalue weighted by molar-refractivity contribution is 0.598. The van der Waals surface area contributed by atoms with E-state index < -0.39 is 10.0 Å². The average Bonchev–Trinajstić information content (AvgIpc) is 2.39. The van der Waals surface area contributed by atoms with Crippen molar-refractivity contribution < 1.29 is 8.42 Å². The van der Waals surface area contributed by atoms with Gasteiger partial charge in [-0.05, 0) is 48.5 Å². The Morgan fingerprint density at radius 3 is 2.15 bits per heavy atom. The van der Waals surface area contributed by atoms with Crippen molar-refractivity contribution in [2.75, 3.05) is 0 Å². The summed E-state index contributed by atoms with van der Waals surface area (Å²) in [5, 5.41) is 0.539. The number of amidine groups is 1. The molecule has 0 aliphatic rings. The normalized spacial score (nSPS) is 12.4. The molecule has 20 heavy (non-hydrogen) atoms. The summed E-state index contributed by atoms with van der Waals surface area (Å²) < 4.78 is 28.6. The van der Waals surface area contributed by atoms with E-state index in [1.54, 1.807) is 36.4 Å². The van der Waals surface area contributed by atoms with Gasteiger partial charge in [0.15, 0.2) is 0 Å². The van der Waals surface area contributed by atoms with Crippen LogP contribution in [0.25, 0.3) is 0 Å². The first-order valence-corrected chi connectivity index (χ1v) is 8.11. The summed E-state index contributed by atoms with van der Waals surface area (Å²) in [6.45, 7) is 0. The van der Waals surface area contributed by atoms with Crippen LogP contribution in [0, 0.1) is 0 Å². The molecule has 2 rings (SSSR count). The number of hydrogen-bond acceptors (Lipinski definition) is 2. The number of hydrogen-bond donors (Lipinski definition) is 1. The van der Waals surface area contributed by atoms with Gasteiger partial charge in [-0.15, -0.1) is 4.40 Å². The van der Waals surface area contributed by atoms with Gasteiger partial charge < -0.3 is 5.73 Å². The first-order valence-electron chi connectivity index (χ1n) is 5.50. The minimum absolute atomic E-state index is 0.0791. The summed E-state index contributed by atoms with van der Waals surface area (Å²) in [5.41, 5.74) is 6.21. The Bertz CT molecular complexity index is 741. The van der Waals surface area contributed by atoms with E-state index in [0.29, 0.717) is 10.6 Å². The second kappa shape index (κ2) is 5.95. The molecule has 0 atom stereocenters. The monoisotopic (exact) mass is 372 g/mol. The molecule has 2 N–H and O–H groups in total. The molecular weight excluding hydrogens is 364 g/mol. The van der Waals surface area contributed by atoms with Crippen LogP contribution >= 0.6 is 27.5 Å². The predicted octanol–water partition coefficient (Wildman–Crippen LogP) is 3.20. The van der Waals surface area contributed by atoms with Crippen LogP contribution in [0.2, 0.25) is 5.02 Å². The average molecular weight is 374 g/mol. The molecule has 0 aliphatic carbocycles. The molecule has 4 nitrogen and oxygen atoms in total. The highest BCUT2D eigenvalue weighted by molar-refractivity contribution is 9.10. The molecule has 0 saturated carbocycles. The van der Waals surface area contributed by atoms with Crippen molar-refractivity contribution >= 4 is 43.4 Å². The van der Waals surface area contributed by atoms with Crippen LogP contribution in [-0.4, -0.2) is 14.3 Å². The number of nitrogens with zero attached hydrogens (tertiary/aromatic N) is 1. The van der Waals surface area contributed by atoms with Crippen molar-refractivity contribution in [2.24, 2.45) is 10.1 Å². The van der Waals surface area contributed by atoms with Crippen LogP contribution in [0.1, 0.15) is 5.56 Å². The van der Waals surface area contributed by atoms with Crippen molar-refractivity contribution in [3.63, 3.8) is 0 Å². The van der Waals surface area contributed by atoms with Gasteiger partial charge in [-0.1, -0.05) is 27.5 Å². The molecule has 0 radical (unpaired) electrons. The Hall–Kier alpha value is -1.37. The predicted molar refractivity (Wildman–Crippen MR) is 83.5 cm³/mol. The highest BCUT2D eigenvalue weighted by atomic mass is 79.9. The Morgan fingerprint density at radius 2 is 1.60 bits per heavy atom. The smallest absolute Gasteiger partial charge is 0.284 e. The second-order valence-corrected chi connectivity index (χ2v) is 6.87. The van der Waals surface area contributed by atoms with E-state index in [-0.39, 0.29) is 10.7 Å². The fraction of sp³-hybridized carbons (Fsp3) is 0. The lowest BCUT2D eigenvalue weighted by Gasteiger charge is -2.03. The summed E-state index contributed by atoms with van der Waals surface area (Å²) in [6.07, 6.45) is 0. The number of rotatable bonds is 3. The van der Waals surface area contributed by atoms with Gasteiger partial charge in [0.2, 0.25) is 0 Å². The third kappa shape index (κ3) is 3.59. The maximum atomic E-state index is 12.1. The molecule has 0 fully saturated rings. The van der Waals surface area contributed by atoms with E-state index >= 15 is 0 Å². The topological polar surface area (TPSA) is 72.5 Å². The highest BCUT2D eigenvalue weighted by Crippen LogP contribution is 2.17. The summed E-state index contributed by atoms with van der Waals surface area (Å²) in [6, 6.07) is 12.6. The Morgan fingerprint density at radius 1 is 1.05 bits per heavy atom. The Kier molecular flexibility index (Phi) is 4.47. The van der Waals surface area contributed by atoms with Crippen LogP contribution in [0.4, 0.5) is 0 Å². The van der Waals surface area contributed by atoms with Crippen molar-refractivity contribution in [2.45, 2.75) is 4.90 Å². The SMILES string of the molecule is N/C(=N/S(=O)(=O)c1ccc(Br)cc1)c1ccc(Cl)cc1. The largest absolute Gasteiger partial charge is 0.383 e. The molecule has 104 valence electrons. The van der Waals surface area contributed by atoms with E-state index in [9.17, 15) is 8.42 Å². The summed E-state index contributed by atoms with van der Waals surface area (Å²) in [7, 11) is -3.83. The molecule has 0 amide bonds. The van der Waals surface area contributed by atoms with Crippen LogP contribution in [-0.2, 0) is 10.0 Å². The van der Waals surface area contributed by atoms with Gasteiger partial charge in [0.05, 0.1) is 4.90 Å². The minimum Gasteiger partial charge on any atom is -0.383 e. The maximum absolute atomic E-state index is 12.1. The van der Waals surface area contributed by atoms with Gasteiger partial charge in [0, 0.05) is 15.1 Å². The van der Waals surface area contributed by atoms with Gasteiger partial charge in [0.25, 0.3) is 10.0 Å². The zero-order valence-corrected chi connectivity index (χ0v) is 13.3. The second-order valence-electron chi connectivity index (χ2n) is 3.91. The lowest BCUT2D eigenvalue weighted by atomic mass is 10.2. The fourth-order valence-corrected chi connectivity index (χ4v) is 2.80. The Labute approximate surface area is 130 Å². The zero-order chi connectivity index (χ0) is 14.8. The molecular formula is C13H10BrClN2O2S. The van der Waals surface area contributed by atoms with E-state index in [0.717, 1.165) is 4.47 Å². The van der Waals surface area contributed by atoms with Gasteiger partial charge >= 0.3 is 0 Å². The standard InChI is InChI=1S/C13H10BrClN2O2S/c14-10-3-7-12(8-4-10)20(18,19)17-13(16)9-1-5-11(15)6-2-9/h1-8H,(H2,16,17). The molecule has 2 aromatic rings. The molecule has 0 aromatic heterocycles. The van der Waals surface area contributed by atoms with E-state index in [1.807, 2.05) is 0 Å². The van der Waals surface area contributed by atoms with Gasteiger partial charge in [0.1, 0.15) is 5.84 Å². The van der Waals surface area contributed by atoms with Crippen molar-refractivity contribution in [3.8, 4) is 0 Å². The molecule has 2 aromatic carbocycles. The summed E-state index contributed by atoms with van der Waals surface area (Å²) in [4.78, 5) is 0.0811. The highest BCUT2D eigenvalue weighted by Gasteiger charge is 2.13. The van der Waals surface area contributed by atoms with Crippen LogP contribution in [0.3, 0.4) is 0 Å². The van der Waals surface area contributed by atoms with E-state index in [2.05, 4.69) is 20.3 Å². The van der Waals surface area contributed by atoms with Gasteiger partial charge in [-0.2, -0.15) is 8.42 Å². The first kappa shape index (κ1) is 15.0. The van der Waals surface area contributed by atoms with E-state index in [1.165, 1.54) is 12.1 Å². The first-order chi connectivity index (χ1) is 9.38. The third-order valence-corrected chi connectivity index (χ3v) is 4.56. The van der Waals surface area contributed by atoms with Crippen molar-refractivity contribution in [1.29, 1.82) is 0 Å². The Balaban J connectivity index is 2.37. The maximum Gasteiger partial charge on any atom is 0.284 e. The number of nitrogens with two attached hydrogens (primary N) is 1. The third-order valence-electron chi connectivity index (χ3n) is 2.47. The van der Waals surface area contributed by atoms with Crippen molar-refractivity contribution in [3.05, 3.63) is 63.6 Å². The summed E-state index contributed by atoms with van der Waals surface area (Å²) in [5.74, 6) is -0.0791. The quantitative estimate of drug-likeness (QED) is 0.663. The number of benzene rings is 2. The van der Waals surface area contributed by atoms with Crippen LogP contribution in [0.15, 0.2) is 62.3 Å². The molecule has 0 unspecified atom stereocenters. The lowest BCUT2D eigenvalue weighted by Crippen LogP contribution is -2.16. The van der Waals surface area contributed by atoms with E-state index in [4.69, 9.17) is 17.3 Å². The minimum atomic E-state index is -3.83. The zero-order valence-electron chi connectivity index (χ0n) is 10.1. The molecule has 0 aliphatic heterocycles. The molecule has 0 spiro atoms. The van der Waals surface area contributed by atoms with Gasteiger partial charge in [-0.25, -0.2) is 0 Å².